The minimum Gasteiger partial charge on any atom is -0.465 e. The van der Waals surface area contributed by atoms with Gasteiger partial charge in [-0.3, -0.25) is 4.90 Å². The van der Waals surface area contributed by atoms with Gasteiger partial charge in [0.15, 0.2) is 8.32 Å². The van der Waals surface area contributed by atoms with Gasteiger partial charge in [-0.25, -0.2) is 4.79 Å². The SMILES string of the molecule is CC(C)(C)[Si](C)(C)OC1CCN(C(=O)O)CC1N1CCOCC1. The topological polar surface area (TPSA) is 62.2 Å². The molecule has 0 aromatic rings. The number of likely N-dealkylation sites (tertiary alicyclic amines) is 1. The van der Waals surface area contributed by atoms with Gasteiger partial charge < -0.3 is 19.2 Å². The van der Waals surface area contributed by atoms with E-state index < -0.39 is 14.4 Å². The van der Waals surface area contributed by atoms with Gasteiger partial charge >= 0.3 is 6.09 Å². The van der Waals surface area contributed by atoms with Gasteiger partial charge in [-0.05, 0) is 24.6 Å². The van der Waals surface area contributed by atoms with E-state index in [9.17, 15) is 9.90 Å². The first kappa shape index (κ1) is 18.7. The zero-order chi connectivity index (χ0) is 17.3. The molecule has 2 heterocycles. The van der Waals surface area contributed by atoms with Gasteiger partial charge in [0.2, 0.25) is 0 Å². The first-order valence-corrected chi connectivity index (χ1v) is 11.5. The van der Waals surface area contributed by atoms with Gasteiger partial charge in [0, 0.05) is 26.2 Å². The number of carbonyl (C=O) groups is 1. The Morgan fingerprint density at radius 3 is 2.35 bits per heavy atom. The smallest absolute Gasteiger partial charge is 0.407 e. The Morgan fingerprint density at radius 1 is 1.22 bits per heavy atom. The molecule has 134 valence electrons. The summed E-state index contributed by atoms with van der Waals surface area (Å²) in [5.74, 6) is 0. The molecular formula is C16H32N2O4Si. The van der Waals surface area contributed by atoms with Crippen LogP contribution in [0.5, 0.6) is 0 Å². The van der Waals surface area contributed by atoms with Crippen molar-refractivity contribution in [2.45, 2.75) is 57.5 Å². The summed E-state index contributed by atoms with van der Waals surface area (Å²) >= 11 is 0. The Bertz CT molecular complexity index is 419. The molecule has 0 aromatic heterocycles. The fraction of sp³-hybridized carbons (Fsp3) is 0.938. The fourth-order valence-corrected chi connectivity index (χ4v) is 4.42. The first-order chi connectivity index (χ1) is 10.6. The van der Waals surface area contributed by atoms with Gasteiger partial charge in [0.25, 0.3) is 0 Å². The number of rotatable bonds is 3. The van der Waals surface area contributed by atoms with Crippen LogP contribution in [-0.2, 0) is 9.16 Å². The lowest BCUT2D eigenvalue weighted by Gasteiger charge is -2.48. The van der Waals surface area contributed by atoms with Crippen molar-refractivity contribution in [2.75, 3.05) is 39.4 Å². The van der Waals surface area contributed by atoms with E-state index in [4.69, 9.17) is 9.16 Å². The van der Waals surface area contributed by atoms with Crippen LogP contribution < -0.4 is 0 Å². The van der Waals surface area contributed by atoms with Crippen molar-refractivity contribution in [3.8, 4) is 0 Å². The van der Waals surface area contributed by atoms with Crippen molar-refractivity contribution < 1.29 is 19.1 Å². The predicted molar refractivity (Wildman–Crippen MR) is 92.5 cm³/mol. The molecule has 0 aliphatic carbocycles. The Hall–Kier alpha value is -0.633. The molecule has 6 nitrogen and oxygen atoms in total. The second kappa shape index (κ2) is 7.09. The highest BCUT2D eigenvalue weighted by Gasteiger charge is 2.44. The maximum absolute atomic E-state index is 11.4. The van der Waals surface area contributed by atoms with E-state index in [1.54, 1.807) is 0 Å². The number of piperidine rings is 1. The summed E-state index contributed by atoms with van der Waals surface area (Å²) in [6.45, 7) is 15.5. The molecule has 0 saturated carbocycles. The van der Waals surface area contributed by atoms with Crippen molar-refractivity contribution in [3.63, 3.8) is 0 Å². The number of ether oxygens (including phenoxy) is 1. The standard InChI is InChI=1S/C16H32N2O4Si/c1-16(2,3)23(4,5)22-14-6-7-18(15(19)20)12-13(14)17-8-10-21-11-9-17/h13-14H,6-12H2,1-5H3,(H,19,20). The summed E-state index contributed by atoms with van der Waals surface area (Å²) < 4.78 is 12.1. The van der Waals surface area contributed by atoms with Crippen molar-refractivity contribution in [1.82, 2.24) is 9.80 Å². The Labute approximate surface area is 140 Å². The van der Waals surface area contributed by atoms with Gasteiger partial charge in [0.1, 0.15) is 0 Å². The number of morpholine rings is 1. The van der Waals surface area contributed by atoms with Crippen LogP contribution in [-0.4, -0.2) is 80.9 Å². The highest BCUT2D eigenvalue weighted by molar-refractivity contribution is 6.74. The number of nitrogens with zero attached hydrogens (tertiary/aromatic N) is 2. The fourth-order valence-electron chi connectivity index (χ4n) is 3.04. The van der Waals surface area contributed by atoms with Crippen LogP contribution in [0.15, 0.2) is 0 Å². The maximum Gasteiger partial charge on any atom is 0.407 e. The number of amides is 1. The largest absolute Gasteiger partial charge is 0.465 e. The molecule has 2 rings (SSSR count). The number of carboxylic acid groups (broad SMARTS) is 1. The molecule has 2 aliphatic rings. The van der Waals surface area contributed by atoms with Crippen molar-refractivity contribution >= 4 is 14.4 Å². The molecule has 0 bridgehead atoms. The molecular weight excluding hydrogens is 312 g/mol. The predicted octanol–water partition coefficient (Wildman–Crippen LogP) is 2.46. The van der Waals surface area contributed by atoms with Crippen molar-refractivity contribution in [3.05, 3.63) is 0 Å². The molecule has 2 atom stereocenters. The normalized spacial score (nSPS) is 28.0. The van der Waals surface area contributed by atoms with Crippen LogP contribution in [0.25, 0.3) is 0 Å². The molecule has 23 heavy (non-hydrogen) atoms. The molecule has 1 amide bonds. The zero-order valence-corrected chi connectivity index (χ0v) is 16.2. The highest BCUT2D eigenvalue weighted by Crippen LogP contribution is 2.39. The molecule has 0 spiro atoms. The van der Waals surface area contributed by atoms with E-state index in [0.29, 0.717) is 13.1 Å². The molecule has 7 heteroatoms. The molecule has 2 aliphatic heterocycles. The van der Waals surface area contributed by atoms with Crippen molar-refractivity contribution in [1.29, 1.82) is 0 Å². The lowest BCUT2D eigenvalue weighted by Crippen LogP contribution is -2.61. The van der Waals surface area contributed by atoms with Gasteiger partial charge in [-0.15, -0.1) is 0 Å². The monoisotopic (exact) mass is 344 g/mol. The van der Waals surface area contributed by atoms with Crippen LogP contribution >= 0.6 is 0 Å². The molecule has 2 unspecified atom stereocenters. The summed E-state index contributed by atoms with van der Waals surface area (Å²) in [5.41, 5.74) is 0. The molecule has 0 radical (unpaired) electrons. The summed E-state index contributed by atoms with van der Waals surface area (Å²) in [4.78, 5) is 15.3. The van der Waals surface area contributed by atoms with E-state index >= 15 is 0 Å². The van der Waals surface area contributed by atoms with Crippen LogP contribution in [0.4, 0.5) is 4.79 Å². The minimum absolute atomic E-state index is 0.115. The Morgan fingerprint density at radius 2 is 1.83 bits per heavy atom. The third-order valence-corrected chi connectivity index (χ3v) is 10.1. The Kier molecular flexibility index (Phi) is 5.76. The van der Waals surface area contributed by atoms with E-state index in [0.717, 1.165) is 32.7 Å². The average molecular weight is 345 g/mol. The number of hydrogen-bond donors (Lipinski definition) is 1. The first-order valence-electron chi connectivity index (χ1n) is 8.59. The minimum atomic E-state index is -1.87. The third-order valence-electron chi connectivity index (χ3n) is 5.56. The van der Waals surface area contributed by atoms with Gasteiger partial charge in [-0.2, -0.15) is 0 Å². The average Bonchev–Trinajstić information content (AvgIpc) is 2.46. The summed E-state index contributed by atoms with van der Waals surface area (Å²) in [6, 6.07) is 0.137. The third kappa shape index (κ3) is 4.46. The second-order valence-corrected chi connectivity index (χ2v) is 12.9. The summed E-state index contributed by atoms with van der Waals surface area (Å²) in [7, 11) is -1.87. The van der Waals surface area contributed by atoms with E-state index in [-0.39, 0.29) is 17.2 Å². The summed E-state index contributed by atoms with van der Waals surface area (Å²) in [5, 5.41) is 9.51. The van der Waals surface area contributed by atoms with Gasteiger partial charge in [0.05, 0.1) is 25.4 Å². The van der Waals surface area contributed by atoms with Crippen LogP contribution in [0.1, 0.15) is 27.2 Å². The Balaban J connectivity index is 2.13. The number of hydrogen-bond acceptors (Lipinski definition) is 4. The van der Waals surface area contributed by atoms with Gasteiger partial charge in [-0.1, -0.05) is 20.8 Å². The maximum atomic E-state index is 11.4. The lowest BCUT2D eigenvalue weighted by molar-refractivity contribution is -0.0444. The van der Waals surface area contributed by atoms with E-state index in [1.807, 2.05) is 0 Å². The summed E-state index contributed by atoms with van der Waals surface area (Å²) in [6.07, 6.45) is 0.0690. The van der Waals surface area contributed by atoms with Crippen LogP contribution in [0.2, 0.25) is 18.1 Å². The molecule has 2 fully saturated rings. The molecule has 1 N–H and O–H groups in total. The van der Waals surface area contributed by atoms with E-state index in [2.05, 4.69) is 38.8 Å². The second-order valence-electron chi connectivity index (χ2n) is 8.15. The van der Waals surface area contributed by atoms with Crippen LogP contribution in [0, 0.1) is 0 Å². The lowest BCUT2D eigenvalue weighted by atomic mass is 10.0. The molecule has 2 saturated heterocycles. The van der Waals surface area contributed by atoms with Crippen molar-refractivity contribution in [2.24, 2.45) is 0 Å². The molecule has 0 aromatic carbocycles. The highest BCUT2D eigenvalue weighted by atomic mass is 28.4. The van der Waals surface area contributed by atoms with Crippen LogP contribution in [0.3, 0.4) is 0 Å². The zero-order valence-electron chi connectivity index (χ0n) is 15.2. The van der Waals surface area contributed by atoms with E-state index in [1.165, 1.54) is 4.90 Å². The quantitative estimate of drug-likeness (QED) is 0.797.